The zero-order valence-electron chi connectivity index (χ0n) is 25.5. The summed E-state index contributed by atoms with van der Waals surface area (Å²) in [6, 6.07) is 27.4. The van der Waals surface area contributed by atoms with Crippen molar-refractivity contribution in [3.8, 4) is 17.2 Å². The molecule has 10 heteroatoms. The quantitative estimate of drug-likeness (QED) is 0.121. The van der Waals surface area contributed by atoms with Gasteiger partial charge in [-0.15, -0.1) is 15.3 Å². The van der Waals surface area contributed by atoms with Crippen LogP contribution in [0.25, 0.3) is 21.5 Å². The first-order valence-corrected chi connectivity index (χ1v) is 14.3. The first kappa shape index (κ1) is 32.0. The van der Waals surface area contributed by atoms with Gasteiger partial charge in [-0.05, 0) is 98.1 Å². The minimum atomic E-state index is -0.123. The molecule has 0 bridgehead atoms. The van der Waals surface area contributed by atoms with Crippen molar-refractivity contribution >= 4 is 55.7 Å². The second-order valence-corrected chi connectivity index (χ2v) is 11.0. The van der Waals surface area contributed by atoms with Crippen LogP contribution >= 0.6 is 0 Å². The molecule has 0 saturated carbocycles. The normalized spacial score (nSPS) is 11.7. The van der Waals surface area contributed by atoms with E-state index in [1.165, 1.54) is 6.07 Å². The van der Waals surface area contributed by atoms with Crippen molar-refractivity contribution in [2.24, 2.45) is 30.7 Å². The minimum Gasteiger partial charge on any atom is -0.506 e. The maximum absolute atomic E-state index is 11.2. The van der Waals surface area contributed by atoms with Crippen molar-refractivity contribution in [3.63, 3.8) is 0 Å². The Kier molecular flexibility index (Phi) is 9.23. The molecular formula is C36H30CuN6O3. The smallest absolute Gasteiger partial charge is 0.151 e. The number of fused-ring (bicyclic) bond motifs is 2. The molecule has 0 amide bonds. The van der Waals surface area contributed by atoms with Crippen LogP contribution in [0.2, 0.25) is 0 Å². The molecule has 6 aromatic carbocycles. The largest absolute Gasteiger partial charge is 0.506 e. The van der Waals surface area contributed by atoms with E-state index >= 15 is 0 Å². The Morgan fingerprint density at radius 2 is 1.04 bits per heavy atom. The number of aromatic hydroxyl groups is 3. The van der Waals surface area contributed by atoms with E-state index in [-0.39, 0.29) is 45.7 Å². The molecule has 233 valence electrons. The molecule has 0 atom stereocenters. The molecule has 0 heterocycles. The summed E-state index contributed by atoms with van der Waals surface area (Å²) in [5, 5.41) is 61.2. The van der Waals surface area contributed by atoms with Crippen molar-refractivity contribution in [2.45, 2.75) is 27.7 Å². The van der Waals surface area contributed by atoms with E-state index in [0.29, 0.717) is 39.3 Å². The summed E-state index contributed by atoms with van der Waals surface area (Å²) >= 11 is 0. The van der Waals surface area contributed by atoms with E-state index in [0.717, 1.165) is 27.3 Å². The first-order chi connectivity index (χ1) is 21.7. The third kappa shape index (κ3) is 6.63. The number of azo groups is 3. The Morgan fingerprint density at radius 1 is 0.435 bits per heavy atom. The van der Waals surface area contributed by atoms with Crippen molar-refractivity contribution in [1.82, 2.24) is 0 Å². The Bertz CT molecular complexity index is 2190. The average molecular weight is 658 g/mol. The summed E-state index contributed by atoms with van der Waals surface area (Å²) < 4.78 is 0. The summed E-state index contributed by atoms with van der Waals surface area (Å²) in [5.41, 5.74) is 6.15. The number of nitrogens with zero attached hydrogens (tertiary/aromatic N) is 6. The fraction of sp³-hybridized carbons (Fsp3) is 0.111. The third-order valence-electron chi connectivity index (χ3n) is 7.49. The van der Waals surface area contributed by atoms with Crippen LogP contribution in [-0.4, -0.2) is 15.3 Å². The van der Waals surface area contributed by atoms with Gasteiger partial charge < -0.3 is 15.3 Å². The molecule has 0 fully saturated rings. The fourth-order valence-corrected chi connectivity index (χ4v) is 5.01. The maximum Gasteiger partial charge on any atom is 0.151 e. The van der Waals surface area contributed by atoms with E-state index in [1.807, 2.05) is 88.4 Å². The summed E-state index contributed by atoms with van der Waals surface area (Å²) in [4.78, 5) is 0. The van der Waals surface area contributed by atoms with E-state index in [9.17, 15) is 15.3 Å². The first-order valence-electron chi connectivity index (χ1n) is 14.3. The van der Waals surface area contributed by atoms with Gasteiger partial charge in [0.15, 0.2) is 5.75 Å². The SMILES string of the molecule is Cc1ccc(N=Nc2ccc(N=Nc3c(C)cc4ccc(N=Nc5c(O)c(C)cc6cc(C)ccc56)cc4c3O)c(O)c2)cc1.[Cu]. The molecule has 0 saturated heterocycles. The van der Waals surface area contributed by atoms with Crippen molar-refractivity contribution in [1.29, 1.82) is 0 Å². The molecule has 0 aliphatic carbocycles. The number of phenols is 3. The summed E-state index contributed by atoms with van der Waals surface area (Å²) in [6.45, 7) is 7.66. The molecule has 9 nitrogen and oxygen atoms in total. The summed E-state index contributed by atoms with van der Waals surface area (Å²) in [6.07, 6.45) is 0. The summed E-state index contributed by atoms with van der Waals surface area (Å²) in [5.74, 6) is -0.127. The zero-order valence-corrected chi connectivity index (χ0v) is 26.4. The van der Waals surface area contributed by atoms with Crippen molar-refractivity contribution < 1.29 is 32.4 Å². The van der Waals surface area contributed by atoms with E-state index in [1.54, 1.807) is 24.3 Å². The second kappa shape index (κ2) is 13.3. The van der Waals surface area contributed by atoms with Crippen LogP contribution in [0.3, 0.4) is 0 Å². The molecule has 0 unspecified atom stereocenters. The average Bonchev–Trinajstić information content (AvgIpc) is 3.02. The van der Waals surface area contributed by atoms with Crippen LogP contribution in [-0.2, 0) is 17.1 Å². The number of hydrogen-bond donors (Lipinski definition) is 3. The molecule has 1 radical (unpaired) electrons. The van der Waals surface area contributed by atoms with Gasteiger partial charge in [0.1, 0.15) is 28.6 Å². The van der Waals surface area contributed by atoms with Gasteiger partial charge in [0.25, 0.3) is 0 Å². The standard InChI is InChI=1S/C36H30N6O3.Cu/c1-20-5-9-26(10-6-20)37-38-28-12-14-31(32(43)19-28)40-41-33-22(3)16-24-8-11-27(18-30(24)36(33)45)39-42-34-29-13-7-21(2)15-25(29)17-23(4)35(34)44;/h5-19,43-45H,1-4H3;. The van der Waals surface area contributed by atoms with Gasteiger partial charge in [0, 0.05) is 33.9 Å². The number of rotatable bonds is 6. The van der Waals surface area contributed by atoms with Gasteiger partial charge in [-0.3, -0.25) is 0 Å². The molecular weight excluding hydrogens is 628 g/mol. The van der Waals surface area contributed by atoms with Gasteiger partial charge in [0.2, 0.25) is 0 Å². The van der Waals surface area contributed by atoms with Crippen LogP contribution in [0.5, 0.6) is 17.2 Å². The van der Waals surface area contributed by atoms with Crippen LogP contribution in [0.1, 0.15) is 22.3 Å². The minimum absolute atomic E-state index is 0. The topological polar surface area (TPSA) is 135 Å². The Hall–Kier alpha value is -5.44. The molecule has 46 heavy (non-hydrogen) atoms. The number of hydrogen-bond acceptors (Lipinski definition) is 9. The Balaban J connectivity index is 0.00000417. The molecule has 0 aliphatic rings. The molecule has 6 rings (SSSR count). The predicted octanol–water partition coefficient (Wildman–Crippen LogP) is 11.6. The van der Waals surface area contributed by atoms with Gasteiger partial charge in [-0.1, -0.05) is 47.5 Å². The number of aryl methyl sites for hydroxylation is 4. The van der Waals surface area contributed by atoms with Crippen molar-refractivity contribution in [3.05, 3.63) is 113 Å². The van der Waals surface area contributed by atoms with E-state index < -0.39 is 0 Å². The van der Waals surface area contributed by atoms with Gasteiger partial charge >= 0.3 is 0 Å². The molecule has 3 N–H and O–H groups in total. The van der Waals surface area contributed by atoms with Gasteiger partial charge in [-0.25, -0.2) is 0 Å². The summed E-state index contributed by atoms with van der Waals surface area (Å²) in [7, 11) is 0. The van der Waals surface area contributed by atoms with Crippen LogP contribution in [0.15, 0.2) is 122 Å². The third-order valence-corrected chi connectivity index (χ3v) is 7.49. The molecule has 0 aromatic heterocycles. The fourth-order valence-electron chi connectivity index (χ4n) is 5.01. The number of benzene rings is 6. The van der Waals surface area contributed by atoms with Crippen LogP contribution in [0, 0.1) is 27.7 Å². The zero-order chi connectivity index (χ0) is 31.7. The molecule has 0 aliphatic heterocycles. The predicted molar refractivity (Wildman–Crippen MR) is 177 cm³/mol. The Morgan fingerprint density at radius 3 is 1.80 bits per heavy atom. The van der Waals surface area contributed by atoms with E-state index in [4.69, 9.17) is 0 Å². The van der Waals surface area contributed by atoms with E-state index in [2.05, 4.69) is 30.7 Å². The monoisotopic (exact) mass is 657 g/mol. The number of phenolic OH excluding ortho intramolecular Hbond substituents is 3. The molecule has 0 spiro atoms. The second-order valence-electron chi connectivity index (χ2n) is 11.0. The molecule has 6 aromatic rings. The van der Waals surface area contributed by atoms with Crippen LogP contribution in [0.4, 0.5) is 34.1 Å². The maximum atomic E-state index is 11.2. The Labute approximate surface area is 276 Å². The van der Waals surface area contributed by atoms with Gasteiger partial charge in [-0.2, -0.15) is 15.3 Å². The van der Waals surface area contributed by atoms with Crippen molar-refractivity contribution in [2.75, 3.05) is 0 Å². The van der Waals surface area contributed by atoms with Crippen LogP contribution < -0.4 is 0 Å². The van der Waals surface area contributed by atoms with Gasteiger partial charge in [0.05, 0.1) is 17.1 Å².